The molecule has 0 aromatic carbocycles. The zero-order valence-corrected chi connectivity index (χ0v) is 8.56. The number of alkyl halides is 3. The molecule has 0 saturated heterocycles. The maximum Gasteiger partial charge on any atom is 0.450 e. The molecule has 1 rings (SSSR count). The van der Waals surface area contributed by atoms with E-state index < -0.39 is 18.4 Å². The standard InChI is InChI=1S/C8H8ClF3N2O/c1-2-14-4-13-7(9)5(14)3-6(15)8(10,11)12/h4H,2-3H2,1H3. The topological polar surface area (TPSA) is 34.9 Å². The summed E-state index contributed by atoms with van der Waals surface area (Å²) in [6.07, 6.45) is -4.29. The van der Waals surface area contributed by atoms with Crippen molar-refractivity contribution in [3.63, 3.8) is 0 Å². The van der Waals surface area contributed by atoms with Crippen LogP contribution in [0.25, 0.3) is 0 Å². The Balaban J connectivity index is 2.89. The third-order valence-corrected chi connectivity index (χ3v) is 2.20. The summed E-state index contributed by atoms with van der Waals surface area (Å²) in [6.45, 7) is 2.14. The van der Waals surface area contributed by atoms with Gasteiger partial charge in [0.2, 0.25) is 5.78 Å². The second kappa shape index (κ2) is 4.22. The average molecular weight is 241 g/mol. The molecular formula is C8H8ClF3N2O. The molecule has 15 heavy (non-hydrogen) atoms. The van der Waals surface area contributed by atoms with Crippen LogP contribution >= 0.6 is 11.6 Å². The van der Waals surface area contributed by atoms with Crippen LogP contribution in [0.2, 0.25) is 5.15 Å². The van der Waals surface area contributed by atoms with E-state index in [2.05, 4.69) is 4.98 Å². The molecule has 0 amide bonds. The number of ketones is 1. The minimum absolute atomic E-state index is 0.0607. The summed E-state index contributed by atoms with van der Waals surface area (Å²) in [5.74, 6) is -1.82. The van der Waals surface area contributed by atoms with E-state index in [1.807, 2.05) is 0 Å². The number of carbonyl (C=O) groups is 1. The summed E-state index contributed by atoms with van der Waals surface area (Å²) in [5, 5.41) is -0.0607. The van der Waals surface area contributed by atoms with E-state index in [0.29, 0.717) is 6.54 Å². The molecule has 1 heterocycles. The second-order valence-corrected chi connectivity index (χ2v) is 3.22. The predicted molar refractivity (Wildman–Crippen MR) is 47.7 cm³/mol. The third-order valence-electron chi connectivity index (χ3n) is 1.88. The van der Waals surface area contributed by atoms with Crippen LogP contribution in [0.3, 0.4) is 0 Å². The lowest BCUT2D eigenvalue weighted by atomic mass is 10.2. The maximum atomic E-state index is 12.0. The molecule has 0 aliphatic rings. The molecule has 0 fully saturated rings. The monoisotopic (exact) mass is 240 g/mol. The van der Waals surface area contributed by atoms with Crippen LogP contribution in [0, 0.1) is 0 Å². The maximum absolute atomic E-state index is 12.0. The van der Waals surface area contributed by atoms with Crippen molar-refractivity contribution in [2.75, 3.05) is 0 Å². The lowest BCUT2D eigenvalue weighted by Crippen LogP contribution is -2.25. The fourth-order valence-electron chi connectivity index (χ4n) is 1.08. The SMILES string of the molecule is CCn1cnc(Cl)c1CC(=O)C(F)(F)F. The average Bonchev–Trinajstić information content (AvgIpc) is 2.46. The molecule has 0 radical (unpaired) electrons. The fourth-order valence-corrected chi connectivity index (χ4v) is 1.30. The number of Topliss-reactive ketones (excluding diaryl/α,β-unsaturated/α-hetero) is 1. The number of aryl methyl sites for hydroxylation is 1. The Kier molecular flexibility index (Phi) is 3.38. The van der Waals surface area contributed by atoms with E-state index in [9.17, 15) is 18.0 Å². The Labute approximate surface area is 88.9 Å². The van der Waals surface area contributed by atoms with Gasteiger partial charge in [0.1, 0.15) is 0 Å². The van der Waals surface area contributed by atoms with Gasteiger partial charge in [-0.05, 0) is 6.92 Å². The number of aromatic nitrogens is 2. The van der Waals surface area contributed by atoms with Crippen molar-refractivity contribution >= 4 is 17.4 Å². The van der Waals surface area contributed by atoms with Crippen molar-refractivity contribution in [2.24, 2.45) is 0 Å². The summed E-state index contributed by atoms with van der Waals surface area (Å²) in [4.78, 5) is 14.4. The number of nitrogens with zero attached hydrogens (tertiary/aromatic N) is 2. The molecule has 0 atom stereocenters. The van der Waals surface area contributed by atoms with Crippen LogP contribution in [0.4, 0.5) is 13.2 Å². The highest BCUT2D eigenvalue weighted by Crippen LogP contribution is 2.21. The molecule has 0 bridgehead atoms. The van der Waals surface area contributed by atoms with Gasteiger partial charge in [-0.25, -0.2) is 4.98 Å². The quantitative estimate of drug-likeness (QED) is 0.812. The second-order valence-electron chi connectivity index (χ2n) is 2.87. The number of rotatable bonds is 3. The molecule has 0 aliphatic carbocycles. The van der Waals surface area contributed by atoms with Gasteiger partial charge in [0.25, 0.3) is 0 Å². The Morgan fingerprint density at radius 1 is 1.60 bits per heavy atom. The van der Waals surface area contributed by atoms with Gasteiger partial charge in [0, 0.05) is 6.54 Å². The predicted octanol–water partition coefficient (Wildman–Crippen LogP) is 2.23. The molecule has 7 heteroatoms. The van der Waals surface area contributed by atoms with E-state index in [-0.39, 0.29) is 10.8 Å². The highest BCUT2D eigenvalue weighted by Gasteiger charge is 2.38. The molecule has 0 unspecified atom stereocenters. The van der Waals surface area contributed by atoms with E-state index >= 15 is 0 Å². The molecule has 0 spiro atoms. The van der Waals surface area contributed by atoms with Crippen molar-refractivity contribution in [3.8, 4) is 0 Å². The van der Waals surface area contributed by atoms with Crippen molar-refractivity contribution in [3.05, 3.63) is 17.2 Å². The van der Waals surface area contributed by atoms with Crippen molar-refractivity contribution < 1.29 is 18.0 Å². The fraction of sp³-hybridized carbons (Fsp3) is 0.500. The van der Waals surface area contributed by atoms with Gasteiger partial charge < -0.3 is 4.57 Å². The van der Waals surface area contributed by atoms with Crippen molar-refractivity contribution in [1.29, 1.82) is 0 Å². The van der Waals surface area contributed by atoms with Crippen LogP contribution in [0.1, 0.15) is 12.6 Å². The summed E-state index contributed by atoms with van der Waals surface area (Å²) in [6, 6.07) is 0. The van der Waals surface area contributed by atoms with E-state index in [4.69, 9.17) is 11.6 Å². The number of imidazole rings is 1. The Hall–Kier alpha value is -1.04. The molecule has 3 nitrogen and oxygen atoms in total. The van der Waals surface area contributed by atoms with Gasteiger partial charge in [-0.15, -0.1) is 0 Å². The Morgan fingerprint density at radius 2 is 2.20 bits per heavy atom. The van der Waals surface area contributed by atoms with E-state index in [1.165, 1.54) is 10.9 Å². The minimum atomic E-state index is -4.83. The van der Waals surface area contributed by atoms with Gasteiger partial charge in [-0.1, -0.05) is 11.6 Å². The molecule has 84 valence electrons. The first-order valence-electron chi connectivity index (χ1n) is 4.15. The number of hydrogen-bond donors (Lipinski definition) is 0. The van der Waals surface area contributed by atoms with Crippen LogP contribution < -0.4 is 0 Å². The first kappa shape index (κ1) is 12.0. The third kappa shape index (κ3) is 2.71. The van der Waals surface area contributed by atoms with Gasteiger partial charge in [0.05, 0.1) is 18.4 Å². The summed E-state index contributed by atoms with van der Waals surface area (Å²) < 4.78 is 37.4. The van der Waals surface area contributed by atoms with Crippen molar-refractivity contribution in [2.45, 2.75) is 26.1 Å². The number of halogens is 4. The Bertz CT molecular complexity index is 372. The Morgan fingerprint density at radius 3 is 2.67 bits per heavy atom. The van der Waals surface area contributed by atoms with Crippen LogP contribution in [-0.2, 0) is 17.8 Å². The van der Waals surface area contributed by atoms with Gasteiger partial charge in [0.15, 0.2) is 5.15 Å². The minimum Gasteiger partial charge on any atom is -0.333 e. The highest BCUT2D eigenvalue weighted by atomic mass is 35.5. The first-order valence-corrected chi connectivity index (χ1v) is 4.53. The normalized spacial score (nSPS) is 11.8. The lowest BCUT2D eigenvalue weighted by Gasteiger charge is -2.07. The molecule has 1 aromatic heterocycles. The van der Waals surface area contributed by atoms with E-state index in [0.717, 1.165) is 0 Å². The van der Waals surface area contributed by atoms with Gasteiger partial charge in [-0.3, -0.25) is 4.79 Å². The van der Waals surface area contributed by atoms with Crippen molar-refractivity contribution in [1.82, 2.24) is 9.55 Å². The van der Waals surface area contributed by atoms with Gasteiger partial charge >= 0.3 is 6.18 Å². The molecular weight excluding hydrogens is 233 g/mol. The molecule has 1 aromatic rings. The van der Waals surface area contributed by atoms with Crippen LogP contribution in [0.15, 0.2) is 6.33 Å². The van der Waals surface area contributed by atoms with Crippen LogP contribution in [-0.4, -0.2) is 21.5 Å². The van der Waals surface area contributed by atoms with Gasteiger partial charge in [-0.2, -0.15) is 13.2 Å². The molecule has 0 saturated carbocycles. The first-order chi connectivity index (χ1) is 6.86. The largest absolute Gasteiger partial charge is 0.450 e. The number of hydrogen-bond acceptors (Lipinski definition) is 2. The highest BCUT2D eigenvalue weighted by molar-refractivity contribution is 6.30. The zero-order valence-electron chi connectivity index (χ0n) is 7.81. The zero-order chi connectivity index (χ0) is 11.6. The summed E-state index contributed by atoms with van der Waals surface area (Å²) >= 11 is 5.57. The number of carbonyl (C=O) groups excluding carboxylic acids is 1. The van der Waals surface area contributed by atoms with E-state index in [1.54, 1.807) is 6.92 Å². The summed E-state index contributed by atoms with van der Waals surface area (Å²) in [7, 11) is 0. The van der Waals surface area contributed by atoms with Crippen LogP contribution in [0.5, 0.6) is 0 Å². The molecule has 0 N–H and O–H groups in total. The lowest BCUT2D eigenvalue weighted by molar-refractivity contribution is -0.170. The molecule has 0 aliphatic heterocycles. The summed E-state index contributed by atoms with van der Waals surface area (Å²) in [5.41, 5.74) is 0.0986. The smallest absolute Gasteiger partial charge is 0.333 e.